The highest BCUT2D eigenvalue weighted by Gasteiger charge is 2.24. The smallest absolute Gasteiger partial charge is 0.170 e. The van der Waals surface area contributed by atoms with Gasteiger partial charge in [0.1, 0.15) is 16.8 Å². The molecule has 0 saturated heterocycles. The number of fused-ring (bicyclic) bond motifs is 1. The standard InChI is InChI=1S/C61H99F2N3OS/c1-5-7-9-11-13-15-17-19-21-23-24-26-28-30-32-34-36-38-41-54(40-37-35-33-31-29-27-25-22-20-18-16-14-12-10-8-6-2)50-67-55-46-44-53(45-47-55)42-39-49-66-64-60-52(4)58(62)59(63)57(61(60)65-66)56-48-43-51(3)68-56/h43-48,54H,5-42,49-50H2,1-4H3. The fourth-order valence-corrected chi connectivity index (χ4v) is 11.1. The van der Waals surface area contributed by atoms with Crippen molar-refractivity contribution < 1.29 is 13.5 Å². The van der Waals surface area contributed by atoms with Gasteiger partial charge in [-0.15, -0.1) is 11.3 Å². The quantitative estimate of drug-likeness (QED) is 0.0415. The minimum atomic E-state index is -0.844. The number of hydrogen-bond donors (Lipinski definition) is 0. The van der Waals surface area contributed by atoms with E-state index in [1.807, 2.05) is 19.1 Å². The molecule has 4 rings (SSSR count). The molecule has 1 atom stereocenters. The third-order valence-corrected chi connectivity index (χ3v) is 15.7. The summed E-state index contributed by atoms with van der Waals surface area (Å²) in [6, 6.07) is 12.4. The van der Waals surface area contributed by atoms with E-state index in [0.29, 0.717) is 28.4 Å². The van der Waals surface area contributed by atoms with E-state index in [0.717, 1.165) is 30.1 Å². The van der Waals surface area contributed by atoms with Crippen LogP contribution in [0.4, 0.5) is 8.78 Å². The summed E-state index contributed by atoms with van der Waals surface area (Å²) >= 11 is 1.44. The molecular weight excluding hydrogens is 861 g/mol. The monoisotopic (exact) mass is 960 g/mol. The molecule has 0 bridgehead atoms. The van der Waals surface area contributed by atoms with E-state index in [1.165, 1.54) is 248 Å². The van der Waals surface area contributed by atoms with E-state index in [-0.39, 0.29) is 11.1 Å². The minimum absolute atomic E-state index is 0.207. The second-order valence-electron chi connectivity index (χ2n) is 20.8. The molecule has 2 aromatic carbocycles. The van der Waals surface area contributed by atoms with Crippen LogP contribution in [0.15, 0.2) is 36.4 Å². The van der Waals surface area contributed by atoms with Crippen LogP contribution in [0.25, 0.3) is 21.5 Å². The van der Waals surface area contributed by atoms with Crippen molar-refractivity contribution in [2.24, 2.45) is 5.92 Å². The van der Waals surface area contributed by atoms with Crippen molar-refractivity contribution in [2.75, 3.05) is 6.61 Å². The summed E-state index contributed by atoms with van der Waals surface area (Å²) in [4.78, 5) is 3.33. The van der Waals surface area contributed by atoms with Crippen LogP contribution in [-0.4, -0.2) is 21.6 Å². The van der Waals surface area contributed by atoms with Crippen molar-refractivity contribution in [3.8, 4) is 16.2 Å². The third kappa shape index (κ3) is 23.9. The molecular formula is C61H99F2N3OS. The number of benzene rings is 2. The maximum absolute atomic E-state index is 15.2. The second kappa shape index (κ2) is 37.0. The molecule has 4 nitrogen and oxygen atoms in total. The molecule has 0 saturated carbocycles. The van der Waals surface area contributed by atoms with Gasteiger partial charge in [-0.25, -0.2) is 8.78 Å². The van der Waals surface area contributed by atoms with Crippen LogP contribution in [0.2, 0.25) is 0 Å². The van der Waals surface area contributed by atoms with Gasteiger partial charge in [0.25, 0.3) is 0 Å². The Morgan fingerprint density at radius 3 is 1.31 bits per heavy atom. The third-order valence-electron chi connectivity index (χ3n) is 14.6. The molecule has 1 unspecified atom stereocenters. The average Bonchev–Trinajstić information content (AvgIpc) is 3.98. The minimum Gasteiger partial charge on any atom is -0.493 e. The van der Waals surface area contributed by atoms with Gasteiger partial charge >= 0.3 is 0 Å². The molecule has 7 heteroatoms. The number of ether oxygens (including phenoxy) is 1. The Morgan fingerprint density at radius 2 is 0.897 bits per heavy atom. The van der Waals surface area contributed by atoms with Gasteiger partial charge in [0.15, 0.2) is 11.6 Å². The highest BCUT2D eigenvalue weighted by Crippen LogP contribution is 2.37. The van der Waals surface area contributed by atoms with Crippen molar-refractivity contribution in [2.45, 2.75) is 278 Å². The summed E-state index contributed by atoms with van der Waals surface area (Å²) in [7, 11) is 0. The number of hydrogen-bond acceptors (Lipinski definition) is 4. The number of aryl methyl sites for hydroxylation is 4. The molecule has 384 valence electrons. The first-order chi connectivity index (χ1) is 33.4. The fraction of sp³-hybridized carbons (Fsp3) is 0.738. The van der Waals surface area contributed by atoms with Crippen LogP contribution in [0.3, 0.4) is 0 Å². The molecule has 0 aliphatic carbocycles. The van der Waals surface area contributed by atoms with Crippen LogP contribution in [0, 0.1) is 31.4 Å². The van der Waals surface area contributed by atoms with Crippen molar-refractivity contribution in [1.82, 2.24) is 15.0 Å². The zero-order valence-corrected chi connectivity index (χ0v) is 45.1. The lowest BCUT2D eigenvalue weighted by Gasteiger charge is -2.18. The molecule has 0 aliphatic heterocycles. The zero-order valence-electron chi connectivity index (χ0n) is 44.2. The largest absolute Gasteiger partial charge is 0.493 e. The molecule has 68 heavy (non-hydrogen) atoms. The second-order valence-corrected chi connectivity index (χ2v) is 22.1. The summed E-state index contributed by atoms with van der Waals surface area (Å²) in [6.45, 7) is 9.53. The van der Waals surface area contributed by atoms with E-state index < -0.39 is 11.6 Å². The topological polar surface area (TPSA) is 39.9 Å². The van der Waals surface area contributed by atoms with Crippen molar-refractivity contribution in [3.05, 3.63) is 64.0 Å². The van der Waals surface area contributed by atoms with Gasteiger partial charge in [-0.05, 0) is 75.3 Å². The number of nitrogens with zero attached hydrogens (tertiary/aromatic N) is 3. The maximum Gasteiger partial charge on any atom is 0.170 e. The SMILES string of the molecule is CCCCCCCCCCCCCCCCCCCCC(CCCCCCCCCCCCCCCCCC)COc1ccc(CCCn2nc3c(C)c(F)c(F)c(-c4ccc(C)s4)c3n2)cc1. The van der Waals surface area contributed by atoms with E-state index in [1.54, 1.807) is 11.7 Å². The predicted molar refractivity (Wildman–Crippen MR) is 292 cm³/mol. The van der Waals surface area contributed by atoms with Gasteiger partial charge in [-0.2, -0.15) is 15.0 Å². The fourth-order valence-electron chi connectivity index (χ4n) is 10.2. The number of rotatable bonds is 44. The Morgan fingerprint density at radius 1 is 0.485 bits per heavy atom. The lowest BCUT2D eigenvalue weighted by molar-refractivity contribution is 0.224. The lowest BCUT2D eigenvalue weighted by Crippen LogP contribution is -2.12. The first kappa shape index (κ1) is 57.8. The molecule has 0 radical (unpaired) electrons. The Bertz CT molecular complexity index is 1830. The average molecular weight is 961 g/mol. The van der Waals surface area contributed by atoms with E-state index >= 15 is 4.39 Å². The van der Waals surface area contributed by atoms with Gasteiger partial charge < -0.3 is 4.74 Å². The van der Waals surface area contributed by atoms with Crippen LogP contribution >= 0.6 is 11.3 Å². The number of thiophene rings is 1. The van der Waals surface area contributed by atoms with Gasteiger partial charge in [0, 0.05) is 15.3 Å². The van der Waals surface area contributed by atoms with Crippen LogP contribution in [0.5, 0.6) is 5.75 Å². The van der Waals surface area contributed by atoms with Crippen molar-refractivity contribution >= 4 is 22.4 Å². The Hall–Kier alpha value is -2.80. The maximum atomic E-state index is 15.2. The predicted octanol–water partition coefficient (Wildman–Crippen LogP) is 20.8. The van der Waals surface area contributed by atoms with Gasteiger partial charge in [0.2, 0.25) is 0 Å². The summed E-state index contributed by atoms with van der Waals surface area (Å²) in [5, 5.41) is 9.27. The van der Waals surface area contributed by atoms with Crippen LogP contribution in [-0.2, 0) is 13.0 Å². The van der Waals surface area contributed by atoms with E-state index in [4.69, 9.17) is 4.74 Å². The first-order valence-electron chi connectivity index (χ1n) is 28.9. The highest BCUT2D eigenvalue weighted by molar-refractivity contribution is 7.15. The normalized spacial score (nSPS) is 12.2. The van der Waals surface area contributed by atoms with Crippen LogP contribution in [0.1, 0.15) is 267 Å². The molecule has 2 aromatic heterocycles. The van der Waals surface area contributed by atoms with E-state index in [2.05, 4.69) is 48.3 Å². The zero-order chi connectivity index (χ0) is 48.3. The molecule has 2 heterocycles. The Labute approximate surface area is 420 Å². The van der Waals surface area contributed by atoms with Gasteiger partial charge in [-0.1, -0.05) is 244 Å². The summed E-state index contributed by atoms with van der Waals surface area (Å²) in [5.74, 6) is -0.109. The Balaban J connectivity index is 1.12. The number of aromatic nitrogens is 3. The number of unbranched alkanes of at least 4 members (excludes halogenated alkanes) is 32. The van der Waals surface area contributed by atoms with Crippen molar-refractivity contribution in [3.63, 3.8) is 0 Å². The van der Waals surface area contributed by atoms with Crippen molar-refractivity contribution in [1.29, 1.82) is 0 Å². The summed E-state index contributed by atoms with van der Waals surface area (Å²) in [6.07, 6.45) is 52.3. The molecule has 0 N–H and O–H groups in total. The van der Waals surface area contributed by atoms with Gasteiger partial charge in [-0.3, -0.25) is 0 Å². The first-order valence-corrected chi connectivity index (χ1v) is 29.7. The number of halogens is 2. The highest BCUT2D eigenvalue weighted by atomic mass is 32.1. The lowest BCUT2D eigenvalue weighted by atomic mass is 9.94. The van der Waals surface area contributed by atoms with Crippen LogP contribution < -0.4 is 4.74 Å². The molecule has 0 spiro atoms. The molecule has 0 fully saturated rings. The summed E-state index contributed by atoms with van der Waals surface area (Å²) in [5.41, 5.74) is 2.52. The van der Waals surface area contributed by atoms with E-state index in [9.17, 15) is 4.39 Å². The molecule has 0 aliphatic rings. The molecule has 4 aromatic rings. The van der Waals surface area contributed by atoms with Gasteiger partial charge in [0.05, 0.1) is 18.7 Å². The summed E-state index contributed by atoms with van der Waals surface area (Å²) < 4.78 is 36.7. The Kier molecular flexibility index (Phi) is 31.5. The molecule has 0 amide bonds.